The summed E-state index contributed by atoms with van der Waals surface area (Å²) in [6.07, 6.45) is 3.94. The first-order valence-electron chi connectivity index (χ1n) is 7.79. The van der Waals surface area contributed by atoms with Gasteiger partial charge < -0.3 is 15.8 Å². The van der Waals surface area contributed by atoms with Gasteiger partial charge in [0.1, 0.15) is 5.75 Å². The van der Waals surface area contributed by atoms with E-state index in [9.17, 15) is 4.79 Å². The van der Waals surface area contributed by atoms with Crippen LogP contribution in [0.25, 0.3) is 0 Å². The van der Waals surface area contributed by atoms with Gasteiger partial charge in [-0.05, 0) is 36.0 Å². The van der Waals surface area contributed by atoms with Crippen molar-refractivity contribution in [1.82, 2.24) is 5.32 Å². The van der Waals surface area contributed by atoms with Crippen LogP contribution in [0.2, 0.25) is 0 Å². The molecule has 4 heteroatoms. The molecule has 1 aliphatic carbocycles. The summed E-state index contributed by atoms with van der Waals surface area (Å²) in [6.45, 7) is 5.50. The lowest BCUT2D eigenvalue weighted by atomic mass is 9.78. The second-order valence-corrected chi connectivity index (χ2v) is 6.15. The summed E-state index contributed by atoms with van der Waals surface area (Å²) in [7, 11) is 0. The van der Waals surface area contributed by atoms with Crippen LogP contribution in [-0.4, -0.2) is 18.6 Å². The van der Waals surface area contributed by atoms with Crippen LogP contribution < -0.4 is 15.8 Å². The third-order valence-corrected chi connectivity index (χ3v) is 4.58. The van der Waals surface area contributed by atoms with E-state index in [0.29, 0.717) is 11.8 Å². The molecule has 0 spiro atoms. The molecule has 1 amide bonds. The molecule has 1 fully saturated rings. The summed E-state index contributed by atoms with van der Waals surface area (Å²) in [6, 6.07) is 8.43. The standard InChI is InChI=1S/C17H26N2O2/c1-12-4-3-5-16(13(12)2)19-10-14-6-8-15(9-7-14)21-11-17(18)20/h6-9,12-13,16,19H,3-5,10-11H2,1-2H3,(H2,18,20). The fraction of sp³-hybridized carbons (Fsp3) is 0.588. The van der Waals surface area contributed by atoms with Crippen LogP contribution in [0.15, 0.2) is 24.3 Å². The first-order chi connectivity index (χ1) is 10.1. The van der Waals surface area contributed by atoms with Gasteiger partial charge in [0.25, 0.3) is 5.91 Å². The number of carbonyl (C=O) groups excluding carboxylic acids is 1. The molecule has 116 valence electrons. The number of carbonyl (C=O) groups is 1. The van der Waals surface area contributed by atoms with E-state index in [0.717, 1.165) is 18.4 Å². The van der Waals surface area contributed by atoms with E-state index >= 15 is 0 Å². The molecule has 1 aromatic carbocycles. The van der Waals surface area contributed by atoms with Crippen LogP contribution in [0.4, 0.5) is 0 Å². The Kier molecular flexibility index (Phi) is 5.62. The summed E-state index contributed by atoms with van der Waals surface area (Å²) in [4.78, 5) is 10.7. The Hall–Kier alpha value is -1.55. The van der Waals surface area contributed by atoms with Crippen molar-refractivity contribution in [3.8, 4) is 5.75 Å². The Bertz CT molecular complexity index is 458. The smallest absolute Gasteiger partial charge is 0.255 e. The van der Waals surface area contributed by atoms with E-state index in [-0.39, 0.29) is 6.61 Å². The minimum Gasteiger partial charge on any atom is -0.484 e. The summed E-state index contributed by atoms with van der Waals surface area (Å²) in [5.74, 6) is 1.76. The van der Waals surface area contributed by atoms with Gasteiger partial charge in [-0.1, -0.05) is 38.8 Å². The lowest BCUT2D eigenvalue weighted by molar-refractivity contribution is -0.119. The summed E-state index contributed by atoms with van der Waals surface area (Å²) in [5.41, 5.74) is 6.28. The SMILES string of the molecule is CC1CCCC(NCc2ccc(OCC(N)=O)cc2)C1C. The number of benzene rings is 1. The molecule has 4 nitrogen and oxygen atoms in total. The molecule has 0 saturated heterocycles. The minimum atomic E-state index is -0.457. The molecule has 0 bridgehead atoms. The molecule has 0 radical (unpaired) electrons. The molecule has 21 heavy (non-hydrogen) atoms. The van der Waals surface area contributed by atoms with E-state index in [1.54, 1.807) is 0 Å². The van der Waals surface area contributed by atoms with E-state index in [1.165, 1.54) is 24.8 Å². The average Bonchev–Trinajstić information content (AvgIpc) is 2.48. The molecule has 3 unspecified atom stereocenters. The fourth-order valence-electron chi connectivity index (χ4n) is 2.98. The van der Waals surface area contributed by atoms with Gasteiger partial charge in [0, 0.05) is 12.6 Å². The summed E-state index contributed by atoms with van der Waals surface area (Å²) in [5, 5.41) is 3.67. The van der Waals surface area contributed by atoms with Crippen LogP contribution in [0.3, 0.4) is 0 Å². The molecule has 3 atom stereocenters. The predicted octanol–water partition coefficient (Wildman–Crippen LogP) is 2.46. The van der Waals surface area contributed by atoms with Crippen LogP contribution in [0, 0.1) is 11.8 Å². The predicted molar refractivity (Wildman–Crippen MR) is 83.9 cm³/mol. The van der Waals surface area contributed by atoms with Crippen molar-refractivity contribution in [2.45, 2.75) is 45.7 Å². The Morgan fingerprint density at radius 1 is 1.29 bits per heavy atom. The van der Waals surface area contributed by atoms with Gasteiger partial charge in [-0.15, -0.1) is 0 Å². The molecule has 1 saturated carbocycles. The lowest BCUT2D eigenvalue weighted by Crippen LogP contribution is -2.40. The van der Waals surface area contributed by atoms with Gasteiger partial charge in [0.2, 0.25) is 0 Å². The van der Waals surface area contributed by atoms with Crippen molar-refractivity contribution < 1.29 is 9.53 Å². The second kappa shape index (κ2) is 7.46. The zero-order chi connectivity index (χ0) is 15.2. The van der Waals surface area contributed by atoms with Crippen molar-refractivity contribution >= 4 is 5.91 Å². The normalized spacial score (nSPS) is 25.5. The molecule has 3 N–H and O–H groups in total. The number of nitrogens with two attached hydrogens (primary N) is 1. The fourth-order valence-corrected chi connectivity index (χ4v) is 2.98. The van der Waals surface area contributed by atoms with E-state index in [4.69, 9.17) is 10.5 Å². The molecule has 0 aromatic heterocycles. The summed E-state index contributed by atoms with van der Waals surface area (Å²) >= 11 is 0. The Morgan fingerprint density at radius 3 is 2.67 bits per heavy atom. The van der Waals surface area contributed by atoms with Crippen molar-refractivity contribution in [2.75, 3.05) is 6.61 Å². The van der Waals surface area contributed by atoms with Gasteiger partial charge in [-0.25, -0.2) is 0 Å². The molecule has 0 heterocycles. The van der Waals surface area contributed by atoms with E-state index < -0.39 is 5.91 Å². The Balaban J connectivity index is 1.81. The van der Waals surface area contributed by atoms with Crippen molar-refractivity contribution in [1.29, 1.82) is 0 Å². The second-order valence-electron chi connectivity index (χ2n) is 6.15. The number of primary amides is 1. The van der Waals surface area contributed by atoms with Crippen LogP contribution >= 0.6 is 0 Å². The lowest BCUT2D eigenvalue weighted by Gasteiger charge is -2.34. The number of hydrogen-bond acceptors (Lipinski definition) is 3. The molecule has 1 aliphatic rings. The highest BCUT2D eigenvalue weighted by atomic mass is 16.5. The maximum atomic E-state index is 10.7. The molecular weight excluding hydrogens is 264 g/mol. The molecular formula is C17H26N2O2. The maximum Gasteiger partial charge on any atom is 0.255 e. The Morgan fingerprint density at radius 2 is 2.00 bits per heavy atom. The topological polar surface area (TPSA) is 64.3 Å². The van der Waals surface area contributed by atoms with Gasteiger partial charge >= 0.3 is 0 Å². The molecule has 0 aliphatic heterocycles. The number of ether oxygens (including phenoxy) is 1. The van der Waals surface area contributed by atoms with Crippen molar-refractivity contribution in [2.24, 2.45) is 17.6 Å². The van der Waals surface area contributed by atoms with Gasteiger partial charge in [-0.2, -0.15) is 0 Å². The number of nitrogens with one attached hydrogen (secondary N) is 1. The third kappa shape index (κ3) is 4.74. The van der Waals surface area contributed by atoms with Gasteiger partial charge in [0.05, 0.1) is 0 Å². The number of amides is 1. The van der Waals surface area contributed by atoms with E-state index in [1.807, 2.05) is 24.3 Å². The number of hydrogen-bond donors (Lipinski definition) is 2. The number of rotatable bonds is 6. The van der Waals surface area contributed by atoms with Crippen LogP contribution in [0.5, 0.6) is 5.75 Å². The molecule has 1 aromatic rings. The third-order valence-electron chi connectivity index (χ3n) is 4.58. The van der Waals surface area contributed by atoms with Crippen molar-refractivity contribution in [3.63, 3.8) is 0 Å². The van der Waals surface area contributed by atoms with E-state index in [2.05, 4.69) is 19.2 Å². The highest BCUT2D eigenvalue weighted by Gasteiger charge is 2.26. The maximum absolute atomic E-state index is 10.7. The monoisotopic (exact) mass is 290 g/mol. The van der Waals surface area contributed by atoms with Gasteiger partial charge in [-0.3, -0.25) is 4.79 Å². The van der Waals surface area contributed by atoms with Gasteiger partial charge in [0.15, 0.2) is 6.61 Å². The minimum absolute atomic E-state index is 0.0743. The highest BCUT2D eigenvalue weighted by molar-refractivity contribution is 5.75. The highest BCUT2D eigenvalue weighted by Crippen LogP contribution is 2.29. The molecule has 2 rings (SSSR count). The first kappa shape index (κ1) is 15.8. The zero-order valence-electron chi connectivity index (χ0n) is 13.0. The van der Waals surface area contributed by atoms with Crippen LogP contribution in [0.1, 0.15) is 38.7 Å². The van der Waals surface area contributed by atoms with Crippen molar-refractivity contribution in [3.05, 3.63) is 29.8 Å². The zero-order valence-corrected chi connectivity index (χ0v) is 13.0. The first-order valence-corrected chi connectivity index (χ1v) is 7.79. The average molecular weight is 290 g/mol. The summed E-state index contributed by atoms with van der Waals surface area (Å²) < 4.78 is 5.25. The Labute approximate surface area is 127 Å². The van der Waals surface area contributed by atoms with Crippen LogP contribution in [-0.2, 0) is 11.3 Å². The largest absolute Gasteiger partial charge is 0.484 e. The quantitative estimate of drug-likeness (QED) is 0.846.